The van der Waals surface area contributed by atoms with Crippen LogP contribution in [-0.4, -0.2) is 39.4 Å². The fraction of sp³-hybridized carbons (Fsp3) is 0.364. The number of hydrogen-bond donors (Lipinski definition) is 1. The fourth-order valence-electron chi connectivity index (χ4n) is 2.58. The van der Waals surface area contributed by atoms with Gasteiger partial charge in [-0.25, -0.2) is 0 Å². The maximum Gasteiger partial charge on any atom is 0.297 e. The highest BCUT2D eigenvalue weighted by molar-refractivity contribution is 7.86. The van der Waals surface area contributed by atoms with Gasteiger partial charge in [0.05, 0.1) is 37.4 Å². The lowest BCUT2D eigenvalue weighted by Gasteiger charge is -2.17. The molecule has 0 spiro atoms. The van der Waals surface area contributed by atoms with Gasteiger partial charge in [0.2, 0.25) is 0 Å². The normalized spacial score (nSPS) is 13.6. The molecule has 29 heavy (non-hydrogen) atoms. The maximum atomic E-state index is 12.2. The van der Waals surface area contributed by atoms with Crippen molar-refractivity contribution in [1.82, 2.24) is 0 Å². The van der Waals surface area contributed by atoms with E-state index in [4.69, 9.17) is 13.7 Å². The monoisotopic (exact) mass is 420 g/mol. The standard InChI is InChI=1S/C22H28O6S/c1-4-20(27-15-18-7-10-21(26-3)11-8-18)12-9-19(23)16-28-29(24,25)22-13-5-17(2)6-14-22/h4-8,10-11,13-14,19-20,23H,1,9,12,15-16H2,2-3H3/t19-,20+/m0/s1. The average Bonchev–Trinajstić information content (AvgIpc) is 2.73. The lowest BCUT2D eigenvalue weighted by atomic mass is 10.1. The molecule has 0 aliphatic heterocycles. The van der Waals surface area contributed by atoms with Crippen LogP contribution >= 0.6 is 0 Å². The quantitative estimate of drug-likeness (QED) is 0.417. The molecule has 0 saturated carbocycles. The van der Waals surface area contributed by atoms with Crippen molar-refractivity contribution < 1.29 is 27.2 Å². The Morgan fingerprint density at radius 1 is 1.07 bits per heavy atom. The van der Waals surface area contributed by atoms with Gasteiger partial charge in [-0.3, -0.25) is 4.18 Å². The fourth-order valence-corrected chi connectivity index (χ4v) is 3.52. The minimum absolute atomic E-state index is 0.0714. The predicted octanol–water partition coefficient (Wildman–Crippen LogP) is 3.62. The highest BCUT2D eigenvalue weighted by atomic mass is 32.2. The zero-order chi connectivity index (χ0) is 21.3. The van der Waals surface area contributed by atoms with E-state index >= 15 is 0 Å². The molecular formula is C22H28O6S. The van der Waals surface area contributed by atoms with Crippen molar-refractivity contribution in [2.24, 2.45) is 0 Å². The summed E-state index contributed by atoms with van der Waals surface area (Å²) in [7, 11) is -2.28. The molecule has 0 amide bonds. The Balaban J connectivity index is 1.76. The van der Waals surface area contributed by atoms with E-state index in [1.807, 2.05) is 31.2 Å². The molecule has 0 aromatic heterocycles. The van der Waals surface area contributed by atoms with Crippen LogP contribution < -0.4 is 4.74 Å². The predicted molar refractivity (Wildman–Crippen MR) is 111 cm³/mol. The van der Waals surface area contributed by atoms with Crippen molar-refractivity contribution in [3.8, 4) is 5.75 Å². The highest BCUT2D eigenvalue weighted by Crippen LogP contribution is 2.16. The lowest BCUT2D eigenvalue weighted by molar-refractivity contribution is 0.0438. The molecule has 2 atom stereocenters. The van der Waals surface area contributed by atoms with Crippen molar-refractivity contribution in [3.05, 3.63) is 72.3 Å². The molecule has 0 bridgehead atoms. The average molecular weight is 421 g/mol. The largest absolute Gasteiger partial charge is 0.497 e. The lowest BCUT2D eigenvalue weighted by Crippen LogP contribution is -2.21. The van der Waals surface area contributed by atoms with Crippen LogP contribution in [0, 0.1) is 6.92 Å². The second-order valence-corrected chi connectivity index (χ2v) is 8.33. The molecule has 7 heteroatoms. The Bertz CT molecular complexity index is 859. The number of methoxy groups -OCH3 is 1. The minimum Gasteiger partial charge on any atom is -0.497 e. The van der Waals surface area contributed by atoms with Crippen LogP contribution in [0.4, 0.5) is 0 Å². The Hall–Kier alpha value is -2.19. The SMILES string of the molecule is C=C[C@H](CC[C@H](O)COS(=O)(=O)c1ccc(C)cc1)OCc1ccc(OC)cc1. The van der Waals surface area contributed by atoms with E-state index in [2.05, 4.69) is 6.58 Å². The van der Waals surface area contributed by atoms with Gasteiger partial charge < -0.3 is 14.6 Å². The van der Waals surface area contributed by atoms with Crippen LogP contribution in [0.1, 0.15) is 24.0 Å². The number of hydrogen-bond acceptors (Lipinski definition) is 6. The zero-order valence-electron chi connectivity index (χ0n) is 16.8. The molecule has 158 valence electrons. The Morgan fingerprint density at radius 3 is 2.31 bits per heavy atom. The summed E-state index contributed by atoms with van der Waals surface area (Å²) < 4.78 is 40.2. The Labute approximate surface area is 172 Å². The third kappa shape index (κ3) is 7.62. The van der Waals surface area contributed by atoms with E-state index in [9.17, 15) is 13.5 Å². The molecule has 2 aromatic carbocycles. The molecular weight excluding hydrogens is 392 g/mol. The van der Waals surface area contributed by atoms with Gasteiger partial charge in [0, 0.05) is 0 Å². The van der Waals surface area contributed by atoms with Gasteiger partial charge in [-0.2, -0.15) is 8.42 Å². The summed E-state index contributed by atoms with van der Waals surface area (Å²) >= 11 is 0. The molecule has 0 fully saturated rings. The smallest absolute Gasteiger partial charge is 0.297 e. The molecule has 0 heterocycles. The van der Waals surface area contributed by atoms with E-state index in [-0.39, 0.29) is 17.6 Å². The van der Waals surface area contributed by atoms with Gasteiger partial charge >= 0.3 is 0 Å². The number of aliphatic hydroxyl groups excluding tert-OH is 1. The van der Waals surface area contributed by atoms with Crippen LogP contribution in [0.3, 0.4) is 0 Å². The molecule has 0 radical (unpaired) electrons. The highest BCUT2D eigenvalue weighted by Gasteiger charge is 2.18. The van der Waals surface area contributed by atoms with Crippen LogP contribution in [0.25, 0.3) is 0 Å². The van der Waals surface area contributed by atoms with Gasteiger partial charge in [-0.15, -0.1) is 6.58 Å². The third-order valence-electron chi connectivity index (χ3n) is 4.40. The summed E-state index contributed by atoms with van der Waals surface area (Å²) in [5, 5.41) is 10.1. The van der Waals surface area contributed by atoms with Crippen LogP contribution in [-0.2, 0) is 25.6 Å². The minimum atomic E-state index is -3.89. The molecule has 2 aromatic rings. The Kier molecular flexibility index (Phi) is 8.85. The number of ether oxygens (including phenoxy) is 2. The molecule has 0 saturated heterocycles. The third-order valence-corrected chi connectivity index (χ3v) is 5.69. The first-order chi connectivity index (χ1) is 13.8. The summed E-state index contributed by atoms with van der Waals surface area (Å²) in [5.74, 6) is 0.776. The molecule has 0 aliphatic carbocycles. The van der Waals surface area contributed by atoms with Crippen molar-refractivity contribution in [2.45, 2.75) is 43.5 Å². The summed E-state index contributed by atoms with van der Waals surface area (Å²) in [6.07, 6.45) is 1.29. The number of aliphatic hydroxyl groups is 1. The van der Waals surface area contributed by atoms with Gasteiger partial charge in [-0.05, 0) is 49.6 Å². The first kappa shape index (κ1) is 23.1. The summed E-state index contributed by atoms with van der Waals surface area (Å²) in [5.41, 5.74) is 1.94. The number of benzene rings is 2. The second-order valence-electron chi connectivity index (χ2n) is 6.72. The van der Waals surface area contributed by atoms with Crippen LogP contribution in [0.2, 0.25) is 0 Å². The topological polar surface area (TPSA) is 82.1 Å². The van der Waals surface area contributed by atoms with Gasteiger partial charge in [0.15, 0.2) is 0 Å². The molecule has 1 N–H and O–H groups in total. The molecule has 0 aliphatic rings. The van der Waals surface area contributed by atoms with Crippen molar-refractivity contribution >= 4 is 10.1 Å². The van der Waals surface area contributed by atoms with Crippen LogP contribution in [0.15, 0.2) is 66.1 Å². The first-order valence-electron chi connectivity index (χ1n) is 9.35. The maximum absolute atomic E-state index is 12.2. The number of rotatable bonds is 12. The summed E-state index contributed by atoms with van der Waals surface area (Å²) in [6, 6.07) is 13.9. The second kappa shape index (κ2) is 11.1. The van der Waals surface area contributed by atoms with E-state index in [0.717, 1.165) is 16.9 Å². The zero-order valence-corrected chi connectivity index (χ0v) is 17.6. The van der Waals surface area contributed by atoms with E-state index in [0.29, 0.717) is 19.4 Å². The number of aryl methyl sites for hydroxylation is 1. The Morgan fingerprint density at radius 2 is 1.72 bits per heavy atom. The van der Waals surface area contributed by atoms with E-state index in [1.54, 1.807) is 25.3 Å². The van der Waals surface area contributed by atoms with E-state index in [1.165, 1.54) is 12.1 Å². The van der Waals surface area contributed by atoms with Crippen molar-refractivity contribution in [2.75, 3.05) is 13.7 Å². The summed E-state index contributed by atoms with van der Waals surface area (Å²) in [6.45, 7) is 5.72. The van der Waals surface area contributed by atoms with Gasteiger partial charge in [0.1, 0.15) is 5.75 Å². The molecule has 6 nitrogen and oxygen atoms in total. The first-order valence-corrected chi connectivity index (χ1v) is 10.8. The van der Waals surface area contributed by atoms with Gasteiger partial charge in [0.25, 0.3) is 10.1 Å². The van der Waals surface area contributed by atoms with Gasteiger partial charge in [-0.1, -0.05) is 35.9 Å². The van der Waals surface area contributed by atoms with Crippen molar-refractivity contribution in [3.63, 3.8) is 0 Å². The summed E-state index contributed by atoms with van der Waals surface area (Å²) in [4.78, 5) is 0.0714. The van der Waals surface area contributed by atoms with E-state index < -0.39 is 16.2 Å². The molecule has 2 rings (SSSR count). The molecule has 0 unspecified atom stereocenters. The van der Waals surface area contributed by atoms with Crippen molar-refractivity contribution in [1.29, 1.82) is 0 Å². The van der Waals surface area contributed by atoms with Crippen LogP contribution in [0.5, 0.6) is 5.75 Å².